The number of ether oxygens (including phenoxy) is 2. The molecule has 2 fully saturated rings. The van der Waals surface area contributed by atoms with E-state index in [1.54, 1.807) is 11.0 Å². The fourth-order valence-corrected chi connectivity index (χ4v) is 3.61. The lowest BCUT2D eigenvalue weighted by atomic mass is 9.73. The lowest BCUT2D eigenvalue weighted by molar-refractivity contribution is -0.162. The maximum absolute atomic E-state index is 13.3. The maximum atomic E-state index is 13.3. The van der Waals surface area contributed by atoms with Gasteiger partial charge in [0, 0.05) is 24.8 Å². The number of hydrogen-bond acceptors (Lipinski definition) is 4. The van der Waals surface area contributed by atoms with Gasteiger partial charge in [-0.3, -0.25) is 4.79 Å². The molecule has 0 radical (unpaired) electrons. The molecule has 0 aliphatic carbocycles. The fraction of sp³-hybridized carbons (Fsp3) is 0.529. The van der Waals surface area contributed by atoms with E-state index in [-0.39, 0.29) is 19.1 Å². The minimum atomic E-state index is -1.05. The number of halogens is 1. The molecule has 1 aromatic rings. The quantitative estimate of drug-likeness (QED) is 0.895. The summed E-state index contributed by atoms with van der Waals surface area (Å²) in [6.45, 7) is 1.67. The van der Waals surface area contributed by atoms with E-state index in [0.717, 1.165) is 5.56 Å². The van der Waals surface area contributed by atoms with Crippen LogP contribution in [0.5, 0.6) is 0 Å². The van der Waals surface area contributed by atoms with Crippen LogP contribution in [-0.2, 0) is 24.5 Å². The summed E-state index contributed by atoms with van der Waals surface area (Å²) in [7, 11) is 0. The van der Waals surface area contributed by atoms with Gasteiger partial charge < -0.3 is 19.5 Å². The molecule has 1 amide bonds. The van der Waals surface area contributed by atoms with Gasteiger partial charge in [0.25, 0.3) is 0 Å². The third-order valence-electron chi connectivity index (χ3n) is 4.76. The van der Waals surface area contributed by atoms with Gasteiger partial charge in [0.2, 0.25) is 5.91 Å². The molecule has 0 unspecified atom stereocenters. The first-order chi connectivity index (χ1) is 11.5. The second-order valence-electron chi connectivity index (χ2n) is 6.15. The molecule has 2 aliphatic heterocycles. The van der Waals surface area contributed by atoms with Gasteiger partial charge in [0.1, 0.15) is 0 Å². The lowest BCUT2D eigenvalue weighted by Gasteiger charge is -2.42. The highest BCUT2D eigenvalue weighted by Gasteiger charge is 2.45. The first-order valence-corrected chi connectivity index (χ1v) is 8.38. The van der Waals surface area contributed by atoms with E-state index >= 15 is 0 Å². The summed E-state index contributed by atoms with van der Waals surface area (Å²) in [5.74, 6) is -1.11. The molecular formula is C17H20ClNO5. The summed E-state index contributed by atoms with van der Waals surface area (Å²) in [5, 5.41) is 9.75. The molecule has 130 valence electrons. The fourth-order valence-electron chi connectivity index (χ4n) is 3.42. The van der Waals surface area contributed by atoms with Crippen molar-refractivity contribution in [2.75, 3.05) is 32.9 Å². The number of hydrogen-bond donors (Lipinski definition) is 1. The Morgan fingerprint density at radius 3 is 2.67 bits per heavy atom. The normalized spacial score (nSPS) is 23.7. The van der Waals surface area contributed by atoms with Crippen molar-refractivity contribution in [1.82, 2.24) is 4.90 Å². The Hall–Kier alpha value is -1.63. The van der Waals surface area contributed by atoms with E-state index in [0.29, 0.717) is 37.6 Å². The molecule has 2 aliphatic rings. The molecule has 2 heterocycles. The molecule has 1 N–H and O–H groups in total. The van der Waals surface area contributed by atoms with E-state index in [2.05, 4.69) is 0 Å². The molecule has 7 heteroatoms. The number of rotatable bonds is 3. The number of carbonyl (C=O) groups excluding carboxylic acids is 1. The number of amides is 1. The predicted octanol–water partition coefficient (Wildman–Crippen LogP) is 1.70. The SMILES string of the molecule is O=C(O)[C@H]1CN(C(=O)C2(c3cccc(Cl)c3)CCOCC2)CCO1. The molecule has 2 saturated heterocycles. The molecule has 3 rings (SSSR count). The Morgan fingerprint density at radius 1 is 1.25 bits per heavy atom. The van der Waals surface area contributed by atoms with E-state index in [9.17, 15) is 9.59 Å². The number of aliphatic carboxylic acids is 1. The molecule has 24 heavy (non-hydrogen) atoms. The highest BCUT2D eigenvalue weighted by atomic mass is 35.5. The summed E-state index contributed by atoms with van der Waals surface area (Å²) in [4.78, 5) is 26.1. The van der Waals surface area contributed by atoms with Gasteiger partial charge >= 0.3 is 5.97 Å². The topological polar surface area (TPSA) is 76.1 Å². The van der Waals surface area contributed by atoms with E-state index in [1.165, 1.54) is 0 Å². The second kappa shape index (κ2) is 7.09. The van der Waals surface area contributed by atoms with Crippen LogP contribution in [-0.4, -0.2) is 60.9 Å². The van der Waals surface area contributed by atoms with Crippen molar-refractivity contribution in [3.8, 4) is 0 Å². The zero-order valence-electron chi connectivity index (χ0n) is 13.2. The number of carboxylic acids is 1. The second-order valence-corrected chi connectivity index (χ2v) is 6.59. The monoisotopic (exact) mass is 353 g/mol. The van der Waals surface area contributed by atoms with Crippen LogP contribution in [0.15, 0.2) is 24.3 Å². The highest BCUT2D eigenvalue weighted by Crippen LogP contribution is 2.38. The zero-order valence-corrected chi connectivity index (χ0v) is 14.0. The third-order valence-corrected chi connectivity index (χ3v) is 5.00. The van der Waals surface area contributed by atoms with Gasteiger partial charge in [-0.25, -0.2) is 4.79 Å². The molecule has 0 saturated carbocycles. The minimum absolute atomic E-state index is 0.0668. The molecule has 6 nitrogen and oxygen atoms in total. The number of nitrogens with zero attached hydrogens (tertiary/aromatic N) is 1. The van der Waals surface area contributed by atoms with E-state index in [4.69, 9.17) is 26.2 Å². The van der Waals surface area contributed by atoms with Crippen molar-refractivity contribution in [3.63, 3.8) is 0 Å². The molecule has 0 spiro atoms. The molecule has 1 aromatic carbocycles. The van der Waals surface area contributed by atoms with Crippen molar-refractivity contribution >= 4 is 23.5 Å². The van der Waals surface area contributed by atoms with Crippen molar-refractivity contribution in [2.45, 2.75) is 24.4 Å². The number of carboxylic acid groups (broad SMARTS) is 1. The van der Waals surface area contributed by atoms with Gasteiger partial charge in [-0.1, -0.05) is 23.7 Å². The van der Waals surface area contributed by atoms with Crippen LogP contribution in [0.2, 0.25) is 5.02 Å². The van der Waals surface area contributed by atoms with Crippen LogP contribution >= 0.6 is 11.6 Å². The van der Waals surface area contributed by atoms with Crippen molar-refractivity contribution in [1.29, 1.82) is 0 Å². The van der Waals surface area contributed by atoms with Crippen LogP contribution in [0.3, 0.4) is 0 Å². The van der Waals surface area contributed by atoms with Gasteiger partial charge in [0.15, 0.2) is 6.10 Å². The first-order valence-electron chi connectivity index (χ1n) is 8.00. The van der Waals surface area contributed by atoms with Crippen LogP contribution in [0.4, 0.5) is 0 Å². The molecule has 0 bridgehead atoms. The Bertz CT molecular complexity index is 629. The van der Waals surface area contributed by atoms with Crippen molar-refractivity contribution in [2.24, 2.45) is 0 Å². The smallest absolute Gasteiger partial charge is 0.334 e. The molecule has 0 aromatic heterocycles. The highest BCUT2D eigenvalue weighted by molar-refractivity contribution is 6.30. The average molecular weight is 354 g/mol. The van der Waals surface area contributed by atoms with Crippen LogP contribution in [0.25, 0.3) is 0 Å². The standard InChI is InChI=1S/C17H20ClNO5/c18-13-3-1-2-12(10-13)17(4-7-23-8-5-17)16(22)19-6-9-24-14(11-19)15(20)21/h1-3,10,14H,4-9,11H2,(H,20,21)/t14-/m1/s1. The summed E-state index contributed by atoms with van der Waals surface area (Å²) >= 11 is 6.13. The molecular weight excluding hydrogens is 334 g/mol. The van der Waals surface area contributed by atoms with Crippen molar-refractivity contribution in [3.05, 3.63) is 34.9 Å². The number of morpholine rings is 1. The van der Waals surface area contributed by atoms with E-state index < -0.39 is 17.5 Å². The zero-order chi connectivity index (χ0) is 17.2. The Kier molecular flexibility index (Phi) is 5.08. The Labute approximate surface area is 145 Å². The summed E-state index contributed by atoms with van der Waals surface area (Å²) < 4.78 is 10.7. The van der Waals surface area contributed by atoms with Crippen LogP contribution in [0.1, 0.15) is 18.4 Å². The average Bonchev–Trinajstić information content (AvgIpc) is 2.61. The van der Waals surface area contributed by atoms with Gasteiger partial charge in [0.05, 0.1) is 18.6 Å². The first kappa shape index (κ1) is 17.2. The molecule has 1 atom stereocenters. The third kappa shape index (κ3) is 3.27. The largest absolute Gasteiger partial charge is 0.479 e. The number of carbonyl (C=O) groups is 2. The Balaban J connectivity index is 1.91. The minimum Gasteiger partial charge on any atom is -0.479 e. The summed E-state index contributed by atoms with van der Waals surface area (Å²) in [6, 6.07) is 7.34. The number of benzene rings is 1. The maximum Gasteiger partial charge on any atom is 0.334 e. The van der Waals surface area contributed by atoms with E-state index in [1.807, 2.05) is 18.2 Å². The van der Waals surface area contributed by atoms with Gasteiger partial charge in [-0.15, -0.1) is 0 Å². The predicted molar refractivity (Wildman–Crippen MR) is 87.1 cm³/mol. The summed E-state index contributed by atoms with van der Waals surface area (Å²) in [5.41, 5.74) is 0.144. The van der Waals surface area contributed by atoms with Crippen LogP contribution in [0, 0.1) is 0 Å². The summed E-state index contributed by atoms with van der Waals surface area (Å²) in [6.07, 6.45) is 0.140. The van der Waals surface area contributed by atoms with Crippen LogP contribution < -0.4 is 0 Å². The van der Waals surface area contributed by atoms with Gasteiger partial charge in [-0.2, -0.15) is 0 Å². The Morgan fingerprint density at radius 2 is 2.00 bits per heavy atom. The van der Waals surface area contributed by atoms with Gasteiger partial charge in [-0.05, 0) is 30.5 Å². The van der Waals surface area contributed by atoms with Crippen molar-refractivity contribution < 1.29 is 24.2 Å². The lowest BCUT2D eigenvalue weighted by Crippen LogP contribution is -2.56.